The second-order valence-electron chi connectivity index (χ2n) is 4.60. The van der Waals surface area contributed by atoms with Gasteiger partial charge < -0.3 is 14.5 Å². The molecule has 0 aromatic carbocycles. The van der Waals surface area contributed by atoms with Crippen LogP contribution >= 0.6 is 24.0 Å². The molecule has 0 radical (unpaired) electrons. The molecule has 0 N–H and O–H groups in total. The molecule has 0 aromatic rings. The number of rotatable bonds is 4. The standard InChI is InChI=1S/C11H25N3O.HI/c1-8-15-11(2,3)9-12-10(13(4)5)14(6)7;/h8-9H2,1-7H3;1H. The second-order valence-corrected chi connectivity index (χ2v) is 4.60. The number of hydrogen-bond acceptors (Lipinski definition) is 2. The summed E-state index contributed by atoms with van der Waals surface area (Å²) in [4.78, 5) is 8.56. The molecule has 0 spiro atoms. The van der Waals surface area contributed by atoms with Crippen LogP contribution in [0, 0.1) is 0 Å². The lowest BCUT2D eigenvalue weighted by atomic mass is 10.1. The summed E-state index contributed by atoms with van der Waals surface area (Å²) in [5.74, 6) is 0.961. The van der Waals surface area contributed by atoms with Gasteiger partial charge in [-0.15, -0.1) is 24.0 Å². The Labute approximate surface area is 117 Å². The summed E-state index contributed by atoms with van der Waals surface area (Å²) in [6, 6.07) is 0. The Balaban J connectivity index is 0. The van der Waals surface area contributed by atoms with Crippen LogP contribution in [0.15, 0.2) is 4.99 Å². The molecule has 0 unspecified atom stereocenters. The van der Waals surface area contributed by atoms with E-state index in [2.05, 4.69) is 18.8 Å². The number of nitrogens with zero attached hydrogens (tertiary/aromatic N) is 3. The first-order chi connectivity index (χ1) is 6.80. The van der Waals surface area contributed by atoms with Crippen molar-refractivity contribution in [2.45, 2.75) is 26.4 Å². The fourth-order valence-corrected chi connectivity index (χ4v) is 1.38. The molecule has 98 valence electrons. The van der Waals surface area contributed by atoms with E-state index in [1.807, 2.05) is 44.9 Å². The van der Waals surface area contributed by atoms with Crippen LogP contribution in [0.1, 0.15) is 20.8 Å². The highest BCUT2D eigenvalue weighted by Gasteiger charge is 2.17. The molecule has 0 aliphatic carbocycles. The fraction of sp³-hybridized carbons (Fsp3) is 0.909. The van der Waals surface area contributed by atoms with Gasteiger partial charge in [-0.1, -0.05) is 0 Å². The van der Waals surface area contributed by atoms with Crippen LogP contribution < -0.4 is 0 Å². The molecule has 0 heterocycles. The van der Waals surface area contributed by atoms with E-state index in [9.17, 15) is 0 Å². The predicted molar refractivity (Wildman–Crippen MR) is 80.8 cm³/mol. The molecule has 0 aliphatic heterocycles. The third-order valence-electron chi connectivity index (χ3n) is 1.94. The summed E-state index contributed by atoms with van der Waals surface area (Å²) in [6.07, 6.45) is 0. The van der Waals surface area contributed by atoms with Crippen molar-refractivity contribution in [3.05, 3.63) is 0 Å². The maximum Gasteiger partial charge on any atom is 0.195 e. The van der Waals surface area contributed by atoms with Crippen LogP contribution in [0.5, 0.6) is 0 Å². The third-order valence-corrected chi connectivity index (χ3v) is 1.94. The Bertz CT molecular complexity index is 205. The van der Waals surface area contributed by atoms with E-state index in [0.717, 1.165) is 12.6 Å². The van der Waals surface area contributed by atoms with Gasteiger partial charge in [-0.2, -0.15) is 0 Å². The number of aliphatic imine (C=N–C) groups is 1. The molecular formula is C11H26IN3O. The number of halogens is 1. The van der Waals surface area contributed by atoms with E-state index in [4.69, 9.17) is 4.74 Å². The van der Waals surface area contributed by atoms with Crippen LogP contribution in [0.3, 0.4) is 0 Å². The van der Waals surface area contributed by atoms with Gasteiger partial charge in [-0.05, 0) is 20.8 Å². The molecule has 0 bridgehead atoms. The van der Waals surface area contributed by atoms with Crippen molar-refractivity contribution in [3.63, 3.8) is 0 Å². The van der Waals surface area contributed by atoms with Gasteiger partial charge in [-0.3, -0.25) is 0 Å². The molecule has 0 aromatic heterocycles. The Kier molecular flexibility index (Phi) is 9.29. The minimum atomic E-state index is -0.188. The minimum Gasteiger partial charge on any atom is -0.374 e. The SMILES string of the molecule is CCOC(C)(C)CN=C(N(C)C)N(C)C.I. The van der Waals surface area contributed by atoms with Gasteiger partial charge in [0, 0.05) is 34.8 Å². The summed E-state index contributed by atoms with van der Waals surface area (Å²) in [7, 11) is 7.97. The predicted octanol–water partition coefficient (Wildman–Crippen LogP) is 1.90. The van der Waals surface area contributed by atoms with Crippen molar-refractivity contribution in [2.75, 3.05) is 41.3 Å². The van der Waals surface area contributed by atoms with E-state index >= 15 is 0 Å². The molecule has 0 amide bonds. The van der Waals surface area contributed by atoms with Gasteiger partial charge in [-0.25, -0.2) is 4.99 Å². The van der Waals surface area contributed by atoms with Gasteiger partial charge in [0.25, 0.3) is 0 Å². The van der Waals surface area contributed by atoms with E-state index in [0.29, 0.717) is 6.54 Å². The lowest BCUT2D eigenvalue weighted by Crippen LogP contribution is -2.37. The van der Waals surface area contributed by atoms with Gasteiger partial charge in [0.05, 0.1) is 12.1 Å². The van der Waals surface area contributed by atoms with Crippen molar-refractivity contribution in [3.8, 4) is 0 Å². The van der Waals surface area contributed by atoms with Crippen molar-refractivity contribution in [2.24, 2.45) is 4.99 Å². The maximum absolute atomic E-state index is 5.60. The van der Waals surface area contributed by atoms with Gasteiger partial charge >= 0.3 is 0 Å². The van der Waals surface area contributed by atoms with E-state index in [1.54, 1.807) is 0 Å². The van der Waals surface area contributed by atoms with Crippen molar-refractivity contribution in [1.82, 2.24) is 9.80 Å². The zero-order chi connectivity index (χ0) is 12.1. The molecule has 0 fully saturated rings. The fourth-order valence-electron chi connectivity index (χ4n) is 1.38. The van der Waals surface area contributed by atoms with Crippen LogP contribution in [0.4, 0.5) is 0 Å². The highest BCUT2D eigenvalue weighted by molar-refractivity contribution is 14.0. The molecule has 5 heteroatoms. The minimum absolute atomic E-state index is 0. The Morgan fingerprint density at radius 1 is 1.12 bits per heavy atom. The average Bonchev–Trinajstić information content (AvgIpc) is 2.01. The topological polar surface area (TPSA) is 28.1 Å². The number of ether oxygens (including phenoxy) is 1. The monoisotopic (exact) mass is 343 g/mol. The highest BCUT2D eigenvalue weighted by atomic mass is 127. The third kappa shape index (κ3) is 7.27. The first-order valence-electron chi connectivity index (χ1n) is 5.33. The van der Waals surface area contributed by atoms with E-state index in [-0.39, 0.29) is 29.6 Å². The summed E-state index contributed by atoms with van der Waals surface area (Å²) in [6.45, 7) is 7.52. The molecular weight excluding hydrogens is 317 g/mol. The Morgan fingerprint density at radius 3 is 1.88 bits per heavy atom. The van der Waals surface area contributed by atoms with Crippen molar-refractivity contribution < 1.29 is 4.74 Å². The maximum atomic E-state index is 5.60. The van der Waals surface area contributed by atoms with Gasteiger partial charge in [0.1, 0.15) is 0 Å². The second kappa shape index (κ2) is 8.11. The molecule has 0 rings (SSSR count). The Hall–Kier alpha value is -0.0400. The van der Waals surface area contributed by atoms with Gasteiger partial charge in [0.2, 0.25) is 0 Å². The number of hydrogen-bond donors (Lipinski definition) is 0. The van der Waals surface area contributed by atoms with Crippen molar-refractivity contribution in [1.29, 1.82) is 0 Å². The quantitative estimate of drug-likeness (QED) is 0.443. The molecule has 4 nitrogen and oxygen atoms in total. The zero-order valence-electron chi connectivity index (χ0n) is 11.6. The average molecular weight is 343 g/mol. The molecule has 0 atom stereocenters. The summed E-state index contributed by atoms with van der Waals surface area (Å²) < 4.78 is 5.60. The first kappa shape index (κ1) is 18.3. The van der Waals surface area contributed by atoms with Crippen LogP contribution in [-0.4, -0.2) is 62.7 Å². The molecule has 0 saturated heterocycles. The van der Waals surface area contributed by atoms with Crippen LogP contribution in [0.25, 0.3) is 0 Å². The van der Waals surface area contributed by atoms with Crippen molar-refractivity contribution >= 4 is 29.9 Å². The van der Waals surface area contributed by atoms with E-state index in [1.165, 1.54) is 0 Å². The van der Waals surface area contributed by atoms with Gasteiger partial charge in [0.15, 0.2) is 5.96 Å². The lowest BCUT2D eigenvalue weighted by molar-refractivity contribution is -0.00239. The molecule has 16 heavy (non-hydrogen) atoms. The Morgan fingerprint density at radius 2 is 1.56 bits per heavy atom. The van der Waals surface area contributed by atoms with Crippen LogP contribution in [-0.2, 0) is 4.74 Å². The zero-order valence-corrected chi connectivity index (χ0v) is 13.9. The smallest absolute Gasteiger partial charge is 0.195 e. The van der Waals surface area contributed by atoms with Crippen LogP contribution in [0.2, 0.25) is 0 Å². The largest absolute Gasteiger partial charge is 0.374 e. The first-order valence-corrected chi connectivity index (χ1v) is 5.33. The summed E-state index contributed by atoms with van der Waals surface area (Å²) >= 11 is 0. The van der Waals surface area contributed by atoms with E-state index < -0.39 is 0 Å². The summed E-state index contributed by atoms with van der Waals surface area (Å²) in [5, 5.41) is 0. The number of guanidine groups is 1. The normalized spacial score (nSPS) is 10.4. The summed E-state index contributed by atoms with van der Waals surface area (Å²) in [5.41, 5.74) is -0.188. The highest BCUT2D eigenvalue weighted by Crippen LogP contribution is 2.09. The lowest BCUT2D eigenvalue weighted by Gasteiger charge is -2.26. The molecule has 0 saturated carbocycles. The molecule has 0 aliphatic rings.